The smallest absolute Gasteiger partial charge is 0.336 e. The van der Waals surface area contributed by atoms with Gasteiger partial charge in [0, 0.05) is 24.7 Å². The first-order chi connectivity index (χ1) is 12.1. The standard InChI is InChI=1S/C17H15N3O4S/c21-14-12-3-1-2-4-13(12)15(22)20(14)24-16(23)11-5-8-19(9-6-11)17-18-7-10-25-17/h1-4,7,10-11H,5-6,8-9H2. The second kappa shape index (κ2) is 6.29. The molecule has 0 unspecified atom stereocenters. The minimum absolute atomic E-state index is 0.263. The van der Waals surface area contributed by atoms with E-state index in [1.807, 2.05) is 5.38 Å². The summed E-state index contributed by atoms with van der Waals surface area (Å²) in [5.41, 5.74) is 0.526. The molecule has 128 valence electrons. The molecule has 1 saturated heterocycles. The van der Waals surface area contributed by atoms with Crippen molar-refractivity contribution in [3.8, 4) is 0 Å². The zero-order valence-electron chi connectivity index (χ0n) is 13.3. The second-order valence-electron chi connectivity index (χ2n) is 5.94. The van der Waals surface area contributed by atoms with Crippen LogP contribution in [0.5, 0.6) is 0 Å². The summed E-state index contributed by atoms with van der Waals surface area (Å²) < 4.78 is 0. The monoisotopic (exact) mass is 357 g/mol. The van der Waals surface area contributed by atoms with Crippen LogP contribution in [0.4, 0.5) is 5.13 Å². The molecule has 4 rings (SSSR count). The average molecular weight is 357 g/mol. The van der Waals surface area contributed by atoms with E-state index in [1.54, 1.807) is 41.8 Å². The van der Waals surface area contributed by atoms with Crippen molar-refractivity contribution in [1.82, 2.24) is 10.0 Å². The summed E-state index contributed by atoms with van der Waals surface area (Å²) >= 11 is 1.56. The Kier molecular flexibility index (Phi) is 3.96. The Morgan fingerprint density at radius 1 is 1.12 bits per heavy atom. The van der Waals surface area contributed by atoms with Crippen LogP contribution in [0.25, 0.3) is 0 Å². The summed E-state index contributed by atoms with van der Waals surface area (Å²) in [5, 5.41) is 3.44. The summed E-state index contributed by atoms with van der Waals surface area (Å²) in [6.07, 6.45) is 2.95. The van der Waals surface area contributed by atoms with Crippen molar-refractivity contribution in [2.45, 2.75) is 12.8 Å². The fourth-order valence-electron chi connectivity index (χ4n) is 3.09. The molecule has 2 aliphatic rings. The highest BCUT2D eigenvalue weighted by atomic mass is 32.1. The first-order valence-corrected chi connectivity index (χ1v) is 8.87. The molecule has 25 heavy (non-hydrogen) atoms. The van der Waals surface area contributed by atoms with Gasteiger partial charge in [-0.1, -0.05) is 17.2 Å². The maximum Gasteiger partial charge on any atom is 0.336 e. The number of hydroxylamine groups is 2. The van der Waals surface area contributed by atoms with Crippen molar-refractivity contribution in [3.63, 3.8) is 0 Å². The number of nitrogens with zero attached hydrogens (tertiary/aromatic N) is 3. The van der Waals surface area contributed by atoms with E-state index in [0.717, 1.165) is 5.13 Å². The van der Waals surface area contributed by atoms with Gasteiger partial charge in [-0.15, -0.1) is 11.3 Å². The van der Waals surface area contributed by atoms with Gasteiger partial charge in [-0.2, -0.15) is 0 Å². The van der Waals surface area contributed by atoms with Crippen LogP contribution in [0.1, 0.15) is 33.6 Å². The summed E-state index contributed by atoms with van der Waals surface area (Å²) in [6, 6.07) is 6.44. The third-order valence-electron chi connectivity index (χ3n) is 4.46. The first kappa shape index (κ1) is 15.8. The van der Waals surface area contributed by atoms with Crippen molar-refractivity contribution >= 4 is 34.3 Å². The lowest BCUT2D eigenvalue weighted by atomic mass is 9.97. The zero-order chi connectivity index (χ0) is 17.4. The van der Waals surface area contributed by atoms with E-state index in [-0.39, 0.29) is 17.0 Å². The molecule has 1 aromatic carbocycles. The summed E-state index contributed by atoms with van der Waals surface area (Å²) in [5.74, 6) is -2.04. The molecule has 2 aliphatic heterocycles. The number of hydrogen-bond acceptors (Lipinski definition) is 7. The van der Waals surface area contributed by atoms with Gasteiger partial charge < -0.3 is 9.74 Å². The van der Waals surface area contributed by atoms with E-state index in [9.17, 15) is 14.4 Å². The molecule has 0 radical (unpaired) electrons. The number of thiazole rings is 1. The van der Waals surface area contributed by atoms with Crippen molar-refractivity contribution in [3.05, 3.63) is 47.0 Å². The van der Waals surface area contributed by atoms with Gasteiger partial charge in [-0.05, 0) is 25.0 Å². The van der Waals surface area contributed by atoms with Crippen LogP contribution in [0.15, 0.2) is 35.8 Å². The van der Waals surface area contributed by atoms with Crippen molar-refractivity contribution < 1.29 is 19.2 Å². The number of rotatable bonds is 3. The van der Waals surface area contributed by atoms with Crippen molar-refractivity contribution in [2.75, 3.05) is 18.0 Å². The SMILES string of the molecule is O=C(ON1C(=O)c2ccccc2C1=O)C1CCN(c2nccs2)CC1. The van der Waals surface area contributed by atoms with Crippen LogP contribution in [0.2, 0.25) is 0 Å². The van der Waals surface area contributed by atoms with Crippen LogP contribution in [-0.4, -0.2) is 40.9 Å². The number of hydrogen-bond donors (Lipinski definition) is 0. The molecule has 7 nitrogen and oxygen atoms in total. The normalized spacial score (nSPS) is 17.8. The fraction of sp³-hybridized carbons (Fsp3) is 0.294. The molecule has 0 atom stereocenters. The molecule has 0 saturated carbocycles. The van der Waals surface area contributed by atoms with E-state index in [0.29, 0.717) is 31.0 Å². The summed E-state index contributed by atoms with van der Waals surface area (Å²) in [6.45, 7) is 1.38. The van der Waals surface area contributed by atoms with Gasteiger partial charge in [0.05, 0.1) is 17.0 Å². The lowest BCUT2D eigenvalue weighted by Gasteiger charge is -2.30. The molecule has 2 amide bonds. The lowest BCUT2D eigenvalue weighted by molar-refractivity contribution is -0.174. The number of amides is 2. The number of imide groups is 1. The van der Waals surface area contributed by atoms with E-state index >= 15 is 0 Å². The van der Waals surface area contributed by atoms with Gasteiger partial charge in [0.2, 0.25) is 0 Å². The third kappa shape index (κ3) is 2.78. The lowest BCUT2D eigenvalue weighted by Crippen LogP contribution is -2.40. The summed E-state index contributed by atoms with van der Waals surface area (Å²) in [4.78, 5) is 48.4. The number of piperidine rings is 1. The quantitative estimate of drug-likeness (QED) is 0.783. The minimum Gasteiger partial charge on any atom is -0.348 e. The number of anilines is 1. The summed E-state index contributed by atoms with van der Waals surface area (Å²) in [7, 11) is 0. The Morgan fingerprint density at radius 3 is 2.32 bits per heavy atom. The minimum atomic E-state index is -0.589. The molecule has 2 aromatic rings. The van der Waals surface area contributed by atoms with Crippen LogP contribution < -0.4 is 4.90 Å². The zero-order valence-corrected chi connectivity index (χ0v) is 14.1. The topological polar surface area (TPSA) is 79.8 Å². The molecule has 3 heterocycles. The van der Waals surface area contributed by atoms with Gasteiger partial charge in [0.1, 0.15) is 0 Å². The molecule has 0 N–H and O–H groups in total. The van der Waals surface area contributed by atoms with Crippen molar-refractivity contribution in [1.29, 1.82) is 0 Å². The first-order valence-electron chi connectivity index (χ1n) is 7.99. The molecule has 1 aromatic heterocycles. The maximum absolute atomic E-state index is 12.4. The Hall–Kier alpha value is -2.74. The second-order valence-corrected chi connectivity index (χ2v) is 6.81. The van der Waals surface area contributed by atoms with Crippen LogP contribution in [0, 0.1) is 5.92 Å². The van der Waals surface area contributed by atoms with Gasteiger partial charge in [-0.25, -0.2) is 9.78 Å². The van der Waals surface area contributed by atoms with Crippen LogP contribution in [-0.2, 0) is 9.63 Å². The molecule has 8 heteroatoms. The fourth-order valence-corrected chi connectivity index (χ4v) is 3.79. The Labute approximate surface area is 147 Å². The molecule has 0 spiro atoms. The number of aromatic nitrogens is 1. The average Bonchev–Trinajstić information content (AvgIpc) is 3.26. The van der Waals surface area contributed by atoms with Crippen molar-refractivity contribution in [2.24, 2.45) is 5.92 Å². The highest BCUT2D eigenvalue weighted by Gasteiger charge is 2.40. The number of carbonyl (C=O) groups excluding carboxylic acids is 3. The predicted octanol–water partition coefficient (Wildman–Crippen LogP) is 2.11. The van der Waals surface area contributed by atoms with Gasteiger partial charge in [0.15, 0.2) is 5.13 Å². The highest BCUT2D eigenvalue weighted by molar-refractivity contribution is 7.13. The van der Waals surface area contributed by atoms with Gasteiger partial charge in [0.25, 0.3) is 11.8 Å². The molecule has 0 aliphatic carbocycles. The highest BCUT2D eigenvalue weighted by Crippen LogP contribution is 2.27. The molecule has 0 bridgehead atoms. The van der Waals surface area contributed by atoms with E-state index in [4.69, 9.17) is 4.84 Å². The van der Waals surface area contributed by atoms with E-state index in [2.05, 4.69) is 9.88 Å². The number of carbonyl (C=O) groups is 3. The predicted molar refractivity (Wildman–Crippen MR) is 90.1 cm³/mol. The van der Waals surface area contributed by atoms with E-state index in [1.165, 1.54) is 0 Å². The number of fused-ring (bicyclic) bond motifs is 1. The van der Waals surface area contributed by atoms with Crippen LogP contribution >= 0.6 is 11.3 Å². The molecular weight excluding hydrogens is 342 g/mol. The molecule has 1 fully saturated rings. The third-order valence-corrected chi connectivity index (χ3v) is 5.29. The van der Waals surface area contributed by atoms with Gasteiger partial charge >= 0.3 is 5.97 Å². The Morgan fingerprint density at radius 2 is 1.76 bits per heavy atom. The van der Waals surface area contributed by atoms with E-state index < -0.39 is 17.8 Å². The van der Waals surface area contributed by atoms with Crippen LogP contribution in [0.3, 0.4) is 0 Å². The van der Waals surface area contributed by atoms with Gasteiger partial charge in [-0.3, -0.25) is 9.59 Å². The largest absolute Gasteiger partial charge is 0.348 e. The maximum atomic E-state index is 12.4. The number of benzene rings is 1. The Bertz CT molecular complexity index is 793. The molecular formula is C17H15N3O4S. The Balaban J connectivity index is 1.39.